The van der Waals surface area contributed by atoms with Gasteiger partial charge < -0.3 is 5.73 Å². The number of rotatable bonds is 3. The van der Waals surface area contributed by atoms with Gasteiger partial charge >= 0.3 is 0 Å². The Morgan fingerprint density at radius 3 is 2.62 bits per heavy atom. The highest BCUT2D eigenvalue weighted by atomic mass is 19.1. The predicted octanol–water partition coefficient (Wildman–Crippen LogP) is 3.06. The normalized spacial score (nSPS) is 10.4. The van der Waals surface area contributed by atoms with Gasteiger partial charge in [0.25, 0.3) is 0 Å². The van der Waals surface area contributed by atoms with Crippen molar-refractivity contribution < 1.29 is 4.39 Å². The number of halogens is 1. The third-order valence-corrected chi connectivity index (χ3v) is 2.15. The van der Waals surface area contributed by atoms with Crippen molar-refractivity contribution in [2.45, 2.75) is 33.1 Å². The third-order valence-electron chi connectivity index (χ3n) is 2.15. The number of anilines is 1. The van der Waals surface area contributed by atoms with Gasteiger partial charge in [0, 0.05) is 11.3 Å². The molecule has 0 aromatic heterocycles. The average Bonchev–Trinajstić information content (AvgIpc) is 2.02. The smallest absolute Gasteiger partial charge is 0.128 e. The van der Waals surface area contributed by atoms with Crippen LogP contribution in [0.15, 0.2) is 12.1 Å². The minimum atomic E-state index is -0.161. The molecule has 0 radical (unpaired) electrons. The van der Waals surface area contributed by atoms with Gasteiger partial charge in [0.2, 0.25) is 0 Å². The maximum absolute atomic E-state index is 13.4. The van der Waals surface area contributed by atoms with E-state index in [1.54, 1.807) is 6.07 Å². The van der Waals surface area contributed by atoms with Crippen LogP contribution in [0.2, 0.25) is 0 Å². The predicted molar refractivity (Wildman–Crippen MR) is 54.2 cm³/mol. The molecule has 0 bridgehead atoms. The van der Waals surface area contributed by atoms with E-state index in [4.69, 9.17) is 5.73 Å². The van der Waals surface area contributed by atoms with Gasteiger partial charge in [-0.2, -0.15) is 0 Å². The first-order chi connectivity index (χ1) is 6.15. The second-order valence-corrected chi connectivity index (χ2v) is 3.42. The second kappa shape index (κ2) is 4.26. The third kappa shape index (κ3) is 2.44. The number of unbranched alkanes of at least 4 members (excludes halogenated alkanes) is 1. The van der Waals surface area contributed by atoms with Gasteiger partial charge in [-0.1, -0.05) is 13.3 Å². The SMILES string of the molecule is CCCCc1c(N)cc(C)cc1F. The molecule has 0 atom stereocenters. The van der Waals surface area contributed by atoms with Crippen molar-refractivity contribution in [1.82, 2.24) is 0 Å². The van der Waals surface area contributed by atoms with Crippen molar-refractivity contribution >= 4 is 5.69 Å². The van der Waals surface area contributed by atoms with Gasteiger partial charge in [-0.15, -0.1) is 0 Å². The fraction of sp³-hybridized carbons (Fsp3) is 0.455. The van der Waals surface area contributed by atoms with E-state index in [0.29, 0.717) is 11.3 Å². The van der Waals surface area contributed by atoms with Crippen LogP contribution in [0.25, 0.3) is 0 Å². The van der Waals surface area contributed by atoms with E-state index < -0.39 is 0 Å². The second-order valence-electron chi connectivity index (χ2n) is 3.42. The first-order valence-electron chi connectivity index (χ1n) is 4.69. The van der Waals surface area contributed by atoms with E-state index >= 15 is 0 Å². The van der Waals surface area contributed by atoms with Crippen LogP contribution >= 0.6 is 0 Å². The summed E-state index contributed by atoms with van der Waals surface area (Å²) in [4.78, 5) is 0. The maximum atomic E-state index is 13.4. The summed E-state index contributed by atoms with van der Waals surface area (Å²) < 4.78 is 13.4. The monoisotopic (exact) mass is 181 g/mol. The van der Waals surface area contributed by atoms with Gasteiger partial charge in [-0.05, 0) is 37.5 Å². The van der Waals surface area contributed by atoms with Crippen LogP contribution in [-0.2, 0) is 6.42 Å². The molecule has 72 valence electrons. The highest BCUT2D eigenvalue weighted by molar-refractivity contribution is 5.49. The van der Waals surface area contributed by atoms with E-state index in [9.17, 15) is 4.39 Å². The van der Waals surface area contributed by atoms with Crippen LogP contribution < -0.4 is 5.73 Å². The van der Waals surface area contributed by atoms with E-state index in [0.717, 1.165) is 24.8 Å². The molecule has 0 saturated heterocycles. The lowest BCUT2D eigenvalue weighted by Gasteiger charge is -2.07. The lowest BCUT2D eigenvalue weighted by Crippen LogP contribution is -1.99. The van der Waals surface area contributed by atoms with Crippen molar-refractivity contribution in [3.63, 3.8) is 0 Å². The molecule has 0 spiro atoms. The molecule has 2 N–H and O–H groups in total. The summed E-state index contributed by atoms with van der Waals surface area (Å²) in [5.41, 5.74) is 7.87. The van der Waals surface area contributed by atoms with Crippen LogP contribution in [-0.4, -0.2) is 0 Å². The molecule has 1 aromatic carbocycles. The summed E-state index contributed by atoms with van der Waals surface area (Å²) >= 11 is 0. The number of benzene rings is 1. The maximum Gasteiger partial charge on any atom is 0.128 e. The van der Waals surface area contributed by atoms with Crippen LogP contribution in [0.1, 0.15) is 30.9 Å². The highest BCUT2D eigenvalue weighted by Crippen LogP contribution is 2.20. The molecule has 0 amide bonds. The zero-order valence-electron chi connectivity index (χ0n) is 8.23. The first-order valence-corrected chi connectivity index (χ1v) is 4.69. The van der Waals surface area contributed by atoms with Gasteiger partial charge in [0.15, 0.2) is 0 Å². The topological polar surface area (TPSA) is 26.0 Å². The number of aryl methyl sites for hydroxylation is 1. The Hall–Kier alpha value is -1.05. The van der Waals surface area contributed by atoms with Crippen LogP contribution in [0.3, 0.4) is 0 Å². The van der Waals surface area contributed by atoms with Crippen LogP contribution in [0.5, 0.6) is 0 Å². The molecule has 13 heavy (non-hydrogen) atoms. The minimum Gasteiger partial charge on any atom is -0.398 e. The summed E-state index contributed by atoms with van der Waals surface area (Å²) in [6.07, 6.45) is 2.80. The molecular weight excluding hydrogens is 165 g/mol. The summed E-state index contributed by atoms with van der Waals surface area (Å²) in [6.45, 7) is 3.94. The largest absolute Gasteiger partial charge is 0.398 e. The van der Waals surface area contributed by atoms with Crippen molar-refractivity contribution in [3.8, 4) is 0 Å². The molecule has 0 aliphatic heterocycles. The van der Waals surface area contributed by atoms with Crippen molar-refractivity contribution in [2.75, 3.05) is 5.73 Å². The van der Waals surface area contributed by atoms with Crippen molar-refractivity contribution in [1.29, 1.82) is 0 Å². The van der Waals surface area contributed by atoms with Gasteiger partial charge in [0.05, 0.1) is 0 Å². The van der Waals surface area contributed by atoms with Gasteiger partial charge in [-0.3, -0.25) is 0 Å². The summed E-state index contributed by atoms with van der Waals surface area (Å²) in [5.74, 6) is -0.161. The van der Waals surface area contributed by atoms with Crippen molar-refractivity contribution in [2.24, 2.45) is 0 Å². The van der Waals surface area contributed by atoms with Gasteiger partial charge in [0.1, 0.15) is 5.82 Å². The van der Waals surface area contributed by atoms with E-state index in [-0.39, 0.29) is 5.82 Å². The zero-order chi connectivity index (χ0) is 9.84. The Bertz CT molecular complexity index is 271. The summed E-state index contributed by atoms with van der Waals surface area (Å²) in [5, 5.41) is 0. The molecule has 1 aromatic rings. The van der Waals surface area contributed by atoms with Gasteiger partial charge in [-0.25, -0.2) is 4.39 Å². The lowest BCUT2D eigenvalue weighted by molar-refractivity contribution is 0.603. The lowest BCUT2D eigenvalue weighted by atomic mass is 10.0. The molecule has 0 aliphatic rings. The standard InChI is InChI=1S/C11H16FN/c1-3-4-5-9-10(12)6-8(2)7-11(9)13/h6-7H,3-5,13H2,1-2H3. The minimum absolute atomic E-state index is 0.161. The highest BCUT2D eigenvalue weighted by Gasteiger charge is 2.06. The number of nitrogen functional groups attached to an aromatic ring is 1. The number of hydrogen-bond acceptors (Lipinski definition) is 1. The molecule has 0 heterocycles. The zero-order valence-corrected chi connectivity index (χ0v) is 8.23. The summed E-state index contributed by atoms with van der Waals surface area (Å²) in [6, 6.07) is 3.37. The Kier molecular flexibility index (Phi) is 3.29. The molecule has 2 heteroatoms. The van der Waals surface area contributed by atoms with E-state index in [1.807, 2.05) is 13.0 Å². The molecule has 1 nitrogen and oxygen atoms in total. The fourth-order valence-corrected chi connectivity index (χ4v) is 1.42. The molecular formula is C11H16FN. The van der Waals surface area contributed by atoms with Crippen LogP contribution in [0.4, 0.5) is 10.1 Å². The molecule has 0 saturated carbocycles. The molecule has 0 fully saturated rings. The Balaban J connectivity index is 2.92. The Morgan fingerprint density at radius 2 is 2.08 bits per heavy atom. The average molecular weight is 181 g/mol. The molecule has 1 rings (SSSR count). The Labute approximate surface area is 78.8 Å². The first kappa shape index (κ1) is 10.0. The summed E-state index contributed by atoms with van der Waals surface area (Å²) in [7, 11) is 0. The van der Waals surface area contributed by atoms with Crippen molar-refractivity contribution in [3.05, 3.63) is 29.1 Å². The van der Waals surface area contributed by atoms with E-state index in [1.165, 1.54) is 0 Å². The quantitative estimate of drug-likeness (QED) is 0.712. The Morgan fingerprint density at radius 1 is 1.38 bits per heavy atom. The molecule has 0 unspecified atom stereocenters. The number of hydrogen-bond donors (Lipinski definition) is 1. The number of nitrogens with two attached hydrogens (primary N) is 1. The fourth-order valence-electron chi connectivity index (χ4n) is 1.42. The van der Waals surface area contributed by atoms with Crippen LogP contribution in [0, 0.1) is 12.7 Å². The van der Waals surface area contributed by atoms with E-state index in [2.05, 4.69) is 6.92 Å². The molecule has 0 aliphatic carbocycles.